The van der Waals surface area contributed by atoms with Gasteiger partial charge in [-0.25, -0.2) is 0 Å². The molecule has 0 amide bonds. The first-order valence-electron chi connectivity index (χ1n) is 3.84. The summed E-state index contributed by atoms with van der Waals surface area (Å²) in [6, 6.07) is 7.30. The first-order chi connectivity index (χ1) is 5.74. The van der Waals surface area contributed by atoms with Crippen LogP contribution >= 0.6 is 11.6 Å². The van der Waals surface area contributed by atoms with Crippen molar-refractivity contribution in [3.8, 4) is 0 Å². The van der Waals surface area contributed by atoms with Gasteiger partial charge >= 0.3 is 0 Å². The molecule has 1 atom stereocenters. The highest BCUT2D eigenvalue weighted by Gasteiger charge is 2.04. The standard InChI is InChI=1S/C9H12ClNO/c10-9-4-2-1-3-7(9)5-8(11)6-12/h1-4,8,12H,5-6,11H2/t8-/m0/s1. The van der Waals surface area contributed by atoms with Gasteiger partial charge in [-0.1, -0.05) is 29.8 Å². The molecule has 0 heterocycles. The van der Waals surface area contributed by atoms with Crippen LogP contribution in [-0.2, 0) is 6.42 Å². The summed E-state index contributed by atoms with van der Waals surface area (Å²) >= 11 is 5.89. The van der Waals surface area contributed by atoms with E-state index in [2.05, 4.69) is 0 Å². The fourth-order valence-corrected chi connectivity index (χ4v) is 1.22. The number of nitrogens with two attached hydrogens (primary N) is 1. The fourth-order valence-electron chi connectivity index (χ4n) is 1.01. The lowest BCUT2D eigenvalue weighted by Crippen LogP contribution is -2.26. The first kappa shape index (κ1) is 9.52. The topological polar surface area (TPSA) is 46.2 Å². The number of aliphatic hydroxyl groups excluding tert-OH is 1. The Labute approximate surface area is 77.0 Å². The van der Waals surface area contributed by atoms with Crippen molar-refractivity contribution in [1.29, 1.82) is 0 Å². The van der Waals surface area contributed by atoms with Gasteiger partial charge in [0, 0.05) is 11.1 Å². The van der Waals surface area contributed by atoms with Crippen LogP contribution in [0.4, 0.5) is 0 Å². The second kappa shape index (κ2) is 4.45. The van der Waals surface area contributed by atoms with E-state index in [9.17, 15) is 0 Å². The lowest BCUT2D eigenvalue weighted by atomic mass is 10.1. The monoisotopic (exact) mass is 185 g/mol. The van der Waals surface area contributed by atoms with Crippen LogP contribution < -0.4 is 5.73 Å². The van der Waals surface area contributed by atoms with Crippen LogP contribution in [-0.4, -0.2) is 17.8 Å². The molecule has 0 unspecified atom stereocenters. The Kier molecular flexibility index (Phi) is 3.53. The molecule has 0 aromatic heterocycles. The zero-order chi connectivity index (χ0) is 8.97. The predicted octanol–water partition coefficient (Wildman–Crippen LogP) is 1.20. The summed E-state index contributed by atoms with van der Waals surface area (Å²) in [7, 11) is 0. The average molecular weight is 186 g/mol. The van der Waals surface area contributed by atoms with E-state index in [4.69, 9.17) is 22.4 Å². The molecule has 3 heteroatoms. The minimum absolute atomic E-state index is 0.00871. The van der Waals surface area contributed by atoms with E-state index in [0.717, 1.165) is 5.56 Å². The van der Waals surface area contributed by atoms with E-state index in [1.807, 2.05) is 24.3 Å². The number of hydrogen-bond donors (Lipinski definition) is 2. The number of halogens is 1. The van der Waals surface area contributed by atoms with Gasteiger partial charge in [-0.05, 0) is 18.1 Å². The van der Waals surface area contributed by atoms with E-state index >= 15 is 0 Å². The van der Waals surface area contributed by atoms with Crippen molar-refractivity contribution in [2.75, 3.05) is 6.61 Å². The molecule has 0 fully saturated rings. The van der Waals surface area contributed by atoms with Crippen molar-refractivity contribution in [2.24, 2.45) is 5.73 Å². The molecule has 0 bridgehead atoms. The van der Waals surface area contributed by atoms with Gasteiger partial charge in [0.15, 0.2) is 0 Å². The fraction of sp³-hybridized carbons (Fsp3) is 0.333. The van der Waals surface area contributed by atoms with Crippen LogP contribution in [0.3, 0.4) is 0 Å². The van der Waals surface area contributed by atoms with Crippen molar-refractivity contribution in [3.63, 3.8) is 0 Å². The van der Waals surface area contributed by atoms with Crippen molar-refractivity contribution in [1.82, 2.24) is 0 Å². The third-order valence-corrected chi connectivity index (χ3v) is 2.04. The maximum atomic E-state index is 8.72. The van der Waals surface area contributed by atoms with E-state index < -0.39 is 0 Å². The van der Waals surface area contributed by atoms with E-state index in [1.165, 1.54) is 0 Å². The van der Waals surface area contributed by atoms with Gasteiger partial charge in [-0.2, -0.15) is 0 Å². The Hall–Kier alpha value is -0.570. The zero-order valence-electron chi connectivity index (χ0n) is 6.70. The second-order valence-electron chi connectivity index (χ2n) is 2.74. The molecular weight excluding hydrogens is 174 g/mol. The van der Waals surface area contributed by atoms with Crippen molar-refractivity contribution < 1.29 is 5.11 Å². The Bertz CT molecular complexity index is 252. The third kappa shape index (κ3) is 2.48. The van der Waals surface area contributed by atoms with Gasteiger partial charge in [-0.15, -0.1) is 0 Å². The Balaban J connectivity index is 2.69. The van der Waals surface area contributed by atoms with Crippen molar-refractivity contribution in [2.45, 2.75) is 12.5 Å². The van der Waals surface area contributed by atoms with E-state index in [0.29, 0.717) is 11.4 Å². The Morgan fingerprint density at radius 3 is 2.67 bits per heavy atom. The molecule has 1 aromatic carbocycles. The molecule has 0 aliphatic carbocycles. The smallest absolute Gasteiger partial charge is 0.0585 e. The quantitative estimate of drug-likeness (QED) is 0.744. The molecule has 0 radical (unpaired) electrons. The van der Waals surface area contributed by atoms with Crippen LogP contribution in [0.1, 0.15) is 5.56 Å². The van der Waals surface area contributed by atoms with Gasteiger partial charge in [0.1, 0.15) is 0 Å². The normalized spacial score (nSPS) is 12.9. The molecule has 1 aromatic rings. The van der Waals surface area contributed by atoms with Gasteiger partial charge in [0.25, 0.3) is 0 Å². The first-order valence-corrected chi connectivity index (χ1v) is 4.21. The van der Waals surface area contributed by atoms with Crippen molar-refractivity contribution >= 4 is 11.6 Å². The zero-order valence-corrected chi connectivity index (χ0v) is 7.46. The molecule has 0 aliphatic rings. The minimum Gasteiger partial charge on any atom is -0.395 e. The van der Waals surface area contributed by atoms with Crippen LogP contribution in [0.2, 0.25) is 5.02 Å². The SMILES string of the molecule is N[C@H](CO)Cc1ccccc1Cl. The molecular formula is C9H12ClNO. The highest BCUT2D eigenvalue weighted by atomic mass is 35.5. The summed E-state index contributed by atoms with van der Waals surface area (Å²) in [4.78, 5) is 0. The average Bonchev–Trinajstić information content (AvgIpc) is 2.09. The lowest BCUT2D eigenvalue weighted by molar-refractivity contribution is 0.265. The molecule has 0 spiro atoms. The van der Waals surface area contributed by atoms with Crippen LogP contribution in [0, 0.1) is 0 Å². The molecule has 3 N–H and O–H groups in total. The molecule has 0 aliphatic heterocycles. The van der Waals surface area contributed by atoms with Crippen LogP contribution in [0.15, 0.2) is 24.3 Å². The summed E-state index contributed by atoms with van der Waals surface area (Å²) in [6.07, 6.45) is 0.621. The number of hydrogen-bond acceptors (Lipinski definition) is 2. The van der Waals surface area contributed by atoms with Crippen LogP contribution in [0.25, 0.3) is 0 Å². The lowest BCUT2D eigenvalue weighted by Gasteiger charge is -2.08. The van der Waals surface area contributed by atoms with E-state index in [1.54, 1.807) is 0 Å². The molecule has 0 saturated carbocycles. The van der Waals surface area contributed by atoms with Gasteiger partial charge in [-0.3, -0.25) is 0 Å². The summed E-state index contributed by atoms with van der Waals surface area (Å²) in [5.74, 6) is 0. The third-order valence-electron chi connectivity index (χ3n) is 1.67. The Morgan fingerprint density at radius 1 is 1.42 bits per heavy atom. The van der Waals surface area contributed by atoms with Gasteiger partial charge < -0.3 is 10.8 Å². The van der Waals surface area contributed by atoms with Gasteiger partial charge in [0.05, 0.1) is 6.61 Å². The van der Waals surface area contributed by atoms with E-state index in [-0.39, 0.29) is 12.6 Å². The molecule has 1 rings (SSSR count). The maximum Gasteiger partial charge on any atom is 0.0585 e. The maximum absolute atomic E-state index is 8.72. The summed E-state index contributed by atoms with van der Waals surface area (Å²) < 4.78 is 0. The Morgan fingerprint density at radius 2 is 2.08 bits per heavy atom. The molecule has 2 nitrogen and oxygen atoms in total. The molecule has 66 valence electrons. The summed E-state index contributed by atoms with van der Waals surface area (Å²) in [6.45, 7) is -0.00871. The number of rotatable bonds is 3. The van der Waals surface area contributed by atoms with Crippen molar-refractivity contribution in [3.05, 3.63) is 34.9 Å². The molecule has 0 saturated heterocycles. The molecule has 12 heavy (non-hydrogen) atoms. The predicted molar refractivity (Wildman–Crippen MR) is 50.2 cm³/mol. The number of benzene rings is 1. The highest BCUT2D eigenvalue weighted by Crippen LogP contribution is 2.15. The summed E-state index contributed by atoms with van der Waals surface area (Å²) in [5.41, 5.74) is 6.55. The second-order valence-corrected chi connectivity index (χ2v) is 3.15. The minimum atomic E-state index is -0.218. The number of aliphatic hydroxyl groups is 1. The highest BCUT2D eigenvalue weighted by molar-refractivity contribution is 6.31. The largest absolute Gasteiger partial charge is 0.395 e. The van der Waals surface area contributed by atoms with Crippen LogP contribution in [0.5, 0.6) is 0 Å². The summed E-state index contributed by atoms with van der Waals surface area (Å²) in [5, 5.41) is 9.43. The van der Waals surface area contributed by atoms with Gasteiger partial charge in [0.2, 0.25) is 0 Å².